The van der Waals surface area contributed by atoms with E-state index < -0.39 is 11.6 Å². The highest BCUT2D eigenvalue weighted by molar-refractivity contribution is 5.48. The second-order valence-electron chi connectivity index (χ2n) is 4.16. The predicted octanol–water partition coefficient (Wildman–Crippen LogP) is 3.59. The van der Waals surface area contributed by atoms with E-state index in [0.717, 1.165) is 23.8 Å². The quantitative estimate of drug-likeness (QED) is 0.907. The molecule has 0 aliphatic carbocycles. The molecular weight excluding hydrogens is 264 g/mol. The Bertz CT molecular complexity index is 602. The van der Waals surface area contributed by atoms with Crippen molar-refractivity contribution in [3.63, 3.8) is 0 Å². The summed E-state index contributed by atoms with van der Waals surface area (Å²) < 4.78 is 36.9. The zero-order chi connectivity index (χ0) is 14.5. The van der Waals surface area contributed by atoms with Gasteiger partial charge in [0.25, 0.3) is 0 Å². The Labute approximate surface area is 116 Å². The lowest BCUT2D eigenvalue weighted by atomic mass is 10.2. The number of rotatable bonds is 5. The normalized spacial score (nSPS) is 10.2. The fraction of sp³-hybridized carbons (Fsp3) is 0.200. The van der Waals surface area contributed by atoms with E-state index in [1.54, 1.807) is 26.4 Å². The molecule has 0 saturated heterocycles. The van der Waals surface area contributed by atoms with Crippen molar-refractivity contribution in [2.45, 2.75) is 6.54 Å². The summed E-state index contributed by atoms with van der Waals surface area (Å²) in [5.41, 5.74) is 0.930. The Morgan fingerprint density at radius 1 is 1.00 bits per heavy atom. The summed E-state index contributed by atoms with van der Waals surface area (Å²) in [6.45, 7) is 0.313. The van der Waals surface area contributed by atoms with E-state index >= 15 is 0 Å². The third kappa shape index (κ3) is 3.17. The molecule has 2 aromatic carbocycles. The Morgan fingerprint density at radius 3 is 2.50 bits per heavy atom. The molecule has 0 saturated carbocycles. The number of methoxy groups -OCH3 is 2. The number of hydrogen-bond acceptors (Lipinski definition) is 3. The molecular formula is C15H15F2NO2. The van der Waals surface area contributed by atoms with Crippen molar-refractivity contribution in [2.75, 3.05) is 19.5 Å². The molecule has 0 fully saturated rings. The minimum absolute atomic E-state index is 0.114. The Kier molecular flexibility index (Phi) is 4.40. The molecule has 5 heteroatoms. The second kappa shape index (κ2) is 6.23. The van der Waals surface area contributed by atoms with Crippen molar-refractivity contribution in [3.05, 3.63) is 53.6 Å². The fourth-order valence-corrected chi connectivity index (χ4v) is 1.82. The fourth-order valence-electron chi connectivity index (χ4n) is 1.82. The van der Waals surface area contributed by atoms with Gasteiger partial charge in [-0.2, -0.15) is 0 Å². The average molecular weight is 279 g/mol. The highest BCUT2D eigenvalue weighted by atomic mass is 19.1. The van der Waals surface area contributed by atoms with Gasteiger partial charge >= 0.3 is 0 Å². The Morgan fingerprint density at radius 2 is 1.80 bits per heavy atom. The van der Waals surface area contributed by atoms with Gasteiger partial charge < -0.3 is 14.8 Å². The highest BCUT2D eigenvalue weighted by Crippen LogP contribution is 2.26. The summed E-state index contributed by atoms with van der Waals surface area (Å²) >= 11 is 0. The van der Waals surface area contributed by atoms with E-state index in [9.17, 15) is 8.78 Å². The molecule has 2 aromatic rings. The summed E-state index contributed by atoms with van der Waals surface area (Å²) in [4.78, 5) is 0. The molecule has 106 valence electrons. The van der Waals surface area contributed by atoms with Gasteiger partial charge in [0.2, 0.25) is 0 Å². The molecule has 0 unspecified atom stereocenters. The van der Waals surface area contributed by atoms with Crippen LogP contribution in [0.15, 0.2) is 36.4 Å². The molecule has 3 nitrogen and oxygen atoms in total. The third-order valence-corrected chi connectivity index (χ3v) is 2.89. The molecule has 0 heterocycles. The maximum Gasteiger partial charge on any atom is 0.146 e. The number of ether oxygens (including phenoxy) is 2. The molecule has 0 bridgehead atoms. The van der Waals surface area contributed by atoms with Gasteiger partial charge in [0.15, 0.2) is 0 Å². The van der Waals surface area contributed by atoms with Crippen LogP contribution in [0, 0.1) is 11.6 Å². The van der Waals surface area contributed by atoms with Crippen LogP contribution in [0.25, 0.3) is 0 Å². The standard InChI is InChI=1S/C15H15F2NO2/c1-19-12-5-3-10(15(8-12)20-2)9-18-14-7-11(16)4-6-13(14)17/h3-8,18H,9H2,1-2H3. The summed E-state index contributed by atoms with van der Waals surface area (Å²) in [7, 11) is 3.11. The zero-order valence-electron chi connectivity index (χ0n) is 11.2. The van der Waals surface area contributed by atoms with Crippen molar-refractivity contribution in [1.29, 1.82) is 0 Å². The molecule has 0 spiro atoms. The maximum atomic E-state index is 13.5. The number of halogens is 2. The van der Waals surface area contributed by atoms with Crippen LogP contribution in [0.5, 0.6) is 11.5 Å². The van der Waals surface area contributed by atoms with Gasteiger partial charge in [0.05, 0.1) is 19.9 Å². The van der Waals surface area contributed by atoms with Gasteiger partial charge in [-0.25, -0.2) is 8.78 Å². The lowest BCUT2D eigenvalue weighted by Gasteiger charge is -2.12. The minimum Gasteiger partial charge on any atom is -0.497 e. The van der Waals surface area contributed by atoms with E-state index in [1.165, 1.54) is 0 Å². The first-order valence-corrected chi connectivity index (χ1v) is 6.04. The maximum absolute atomic E-state index is 13.5. The van der Waals surface area contributed by atoms with Crippen molar-refractivity contribution in [3.8, 4) is 11.5 Å². The number of benzene rings is 2. The Balaban J connectivity index is 2.16. The van der Waals surface area contributed by atoms with E-state index in [4.69, 9.17) is 9.47 Å². The van der Waals surface area contributed by atoms with Gasteiger partial charge in [0, 0.05) is 18.2 Å². The summed E-state index contributed by atoms with van der Waals surface area (Å²) in [5, 5.41) is 2.85. The first-order valence-electron chi connectivity index (χ1n) is 6.04. The molecule has 0 amide bonds. The molecule has 2 rings (SSSR count). The number of nitrogens with one attached hydrogen (secondary N) is 1. The SMILES string of the molecule is COc1ccc(CNc2cc(F)ccc2F)c(OC)c1. The van der Waals surface area contributed by atoms with E-state index in [1.807, 2.05) is 6.07 Å². The summed E-state index contributed by atoms with van der Waals surface area (Å²) in [6, 6.07) is 8.60. The van der Waals surface area contributed by atoms with Crippen LogP contribution in [0.4, 0.5) is 14.5 Å². The molecule has 1 N–H and O–H groups in total. The van der Waals surface area contributed by atoms with Crippen LogP contribution in [0.2, 0.25) is 0 Å². The van der Waals surface area contributed by atoms with Crippen LogP contribution >= 0.6 is 0 Å². The molecule has 0 atom stereocenters. The van der Waals surface area contributed by atoms with E-state index in [0.29, 0.717) is 18.0 Å². The topological polar surface area (TPSA) is 30.5 Å². The minimum atomic E-state index is -0.501. The highest BCUT2D eigenvalue weighted by Gasteiger charge is 2.07. The van der Waals surface area contributed by atoms with Crippen molar-refractivity contribution >= 4 is 5.69 Å². The smallest absolute Gasteiger partial charge is 0.146 e. The summed E-state index contributed by atoms with van der Waals surface area (Å²) in [6.07, 6.45) is 0. The molecule has 0 aliphatic rings. The van der Waals surface area contributed by atoms with Gasteiger partial charge in [-0.1, -0.05) is 0 Å². The molecule has 0 aliphatic heterocycles. The van der Waals surface area contributed by atoms with E-state index in [-0.39, 0.29) is 5.69 Å². The first kappa shape index (κ1) is 14.1. The van der Waals surface area contributed by atoms with Crippen molar-refractivity contribution in [2.24, 2.45) is 0 Å². The number of hydrogen-bond donors (Lipinski definition) is 1. The average Bonchev–Trinajstić information content (AvgIpc) is 2.48. The van der Waals surface area contributed by atoms with Crippen molar-refractivity contribution < 1.29 is 18.3 Å². The first-order chi connectivity index (χ1) is 9.63. The van der Waals surface area contributed by atoms with Gasteiger partial charge in [-0.15, -0.1) is 0 Å². The largest absolute Gasteiger partial charge is 0.497 e. The number of anilines is 1. The third-order valence-electron chi connectivity index (χ3n) is 2.89. The lowest BCUT2D eigenvalue weighted by Crippen LogP contribution is -2.04. The van der Waals surface area contributed by atoms with Crippen LogP contribution in [0.1, 0.15) is 5.56 Å². The summed E-state index contributed by atoms with van der Waals surface area (Å²) in [5.74, 6) is 0.297. The van der Waals surface area contributed by atoms with Gasteiger partial charge in [-0.3, -0.25) is 0 Å². The molecule has 0 radical (unpaired) electrons. The van der Waals surface area contributed by atoms with Gasteiger partial charge in [0.1, 0.15) is 23.1 Å². The van der Waals surface area contributed by atoms with Crippen molar-refractivity contribution in [1.82, 2.24) is 0 Å². The zero-order valence-corrected chi connectivity index (χ0v) is 11.2. The second-order valence-corrected chi connectivity index (χ2v) is 4.16. The van der Waals surface area contributed by atoms with Gasteiger partial charge in [-0.05, 0) is 30.3 Å². The predicted molar refractivity (Wildman–Crippen MR) is 73.2 cm³/mol. The van der Waals surface area contributed by atoms with Crippen LogP contribution in [0.3, 0.4) is 0 Å². The molecule has 20 heavy (non-hydrogen) atoms. The lowest BCUT2D eigenvalue weighted by molar-refractivity contribution is 0.391. The monoisotopic (exact) mass is 279 g/mol. The van der Waals surface area contributed by atoms with E-state index in [2.05, 4.69) is 5.32 Å². The van der Waals surface area contributed by atoms with Crippen LogP contribution in [-0.2, 0) is 6.54 Å². The Hall–Kier alpha value is -2.30. The molecule has 0 aromatic heterocycles. The van der Waals surface area contributed by atoms with Crippen LogP contribution in [-0.4, -0.2) is 14.2 Å². The van der Waals surface area contributed by atoms with Crippen LogP contribution < -0.4 is 14.8 Å².